The van der Waals surface area contributed by atoms with Crippen LogP contribution in [0.5, 0.6) is 0 Å². The van der Waals surface area contributed by atoms with Gasteiger partial charge in [0.15, 0.2) is 0 Å². The minimum absolute atomic E-state index is 0.0610. The highest BCUT2D eigenvalue weighted by atomic mass is 32.1. The first kappa shape index (κ1) is 12.6. The van der Waals surface area contributed by atoms with Crippen LogP contribution in [0.2, 0.25) is 0 Å². The molecule has 0 aliphatic rings. The third kappa shape index (κ3) is 4.28. The van der Waals surface area contributed by atoms with Crippen LogP contribution in [-0.2, 0) is 10.3 Å². The van der Waals surface area contributed by atoms with Crippen LogP contribution in [0.3, 0.4) is 0 Å². The molecule has 1 aromatic rings. The Bertz CT molecular complexity index is 270. The van der Waals surface area contributed by atoms with Crippen molar-refractivity contribution in [1.82, 2.24) is 10.3 Å². The van der Waals surface area contributed by atoms with Crippen LogP contribution >= 0.6 is 11.3 Å². The first-order valence-corrected chi connectivity index (χ1v) is 6.17. The van der Waals surface area contributed by atoms with Crippen molar-refractivity contribution in [1.29, 1.82) is 0 Å². The predicted octanol–water partition coefficient (Wildman–Crippen LogP) is 2.39. The van der Waals surface area contributed by atoms with Crippen LogP contribution in [0.1, 0.15) is 32.7 Å². The Labute approximate surface area is 95.9 Å². The molecule has 0 saturated carbocycles. The predicted molar refractivity (Wildman–Crippen MR) is 64.2 cm³/mol. The highest BCUT2D eigenvalue weighted by Crippen LogP contribution is 2.21. The van der Waals surface area contributed by atoms with Crippen LogP contribution in [0, 0.1) is 0 Å². The van der Waals surface area contributed by atoms with Crippen molar-refractivity contribution in [2.24, 2.45) is 0 Å². The zero-order chi connectivity index (χ0) is 11.3. The molecule has 1 aromatic heterocycles. The van der Waals surface area contributed by atoms with Gasteiger partial charge in [-0.3, -0.25) is 0 Å². The van der Waals surface area contributed by atoms with Crippen LogP contribution in [0.15, 0.2) is 11.6 Å². The lowest BCUT2D eigenvalue weighted by Gasteiger charge is -2.24. The molecule has 0 aliphatic carbocycles. The number of aromatic nitrogens is 1. The summed E-state index contributed by atoms with van der Waals surface area (Å²) < 4.78 is 5.48. The summed E-state index contributed by atoms with van der Waals surface area (Å²) in [5.41, 5.74) is -0.0610. The van der Waals surface area contributed by atoms with Gasteiger partial charge in [-0.1, -0.05) is 0 Å². The molecule has 0 aliphatic heterocycles. The molecule has 0 atom stereocenters. The summed E-state index contributed by atoms with van der Waals surface area (Å²) in [7, 11) is 0. The molecule has 0 aromatic carbocycles. The van der Waals surface area contributed by atoms with E-state index in [1.807, 2.05) is 25.4 Å². The summed E-state index contributed by atoms with van der Waals surface area (Å²) in [6.45, 7) is 9.97. The molecule has 15 heavy (non-hydrogen) atoms. The first-order valence-electron chi connectivity index (χ1n) is 5.29. The summed E-state index contributed by atoms with van der Waals surface area (Å²) in [5, 5.41) is 6.56. The van der Waals surface area contributed by atoms with Gasteiger partial charge in [0, 0.05) is 18.1 Å². The van der Waals surface area contributed by atoms with E-state index in [2.05, 4.69) is 24.1 Å². The largest absolute Gasteiger partial charge is 0.377 e. The van der Waals surface area contributed by atoms with E-state index < -0.39 is 0 Å². The summed E-state index contributed by atoms with van der Waals surface area (Å²) in [5.74, 6) is 0. The van der Waals surface area contributed by atoms with Crippen molar-refractivity contribution in [3.8, 4) is 0 Å². The lowest BCUT2D eigenvalue weighted by Crippen LogP contribution is -2.38. The van der Waals surface area contributed by atoms with E-state index >= 15 is 0 Å². The van der Waals surface area contributed by atoms with Crippen molar-refractivity contribution < 1.29 is 4.74 Å². The number of hydrogen-bond donors (Lipinski definition) is 1. The van der Waals surface area contributed by atoms with Gasteiger partial charge >= 0.3 is 0 Å². The zero-order valence-corrected chi connectivity index (χ0v) is 10.7. The maximum absolute atomic E-state index is 5.48. The molecule has 86 valence electrons. The van der Waals surface area contributed by atoms with Gasteiger partial charge in [0.2, 0.25) is 0 Å². The maximum atomic E-state index is 5.48. The molecule has 1 rings (SSSR count). The topological polar surface area (TPSA) is 34.1 Å². The Balaban J connectivity index is 2.31. The summed E-state index contributed by atoms with van der Waals surface area (Å²) in [6, 6.07) is 0. The minimum atomic E-state index is -0.0610. The normalized spacial score (nSPS) is 12.3. The molecular weight excluding hydrogens is 208 g/mol. The average molecular weight is 228 g/mol. The van der Waals surface area contributed by atoms with Crippen LogP contribution in [0.25, 0.3) is 0 Å². The van der Waals surface area contributed by atoms with Crippen LogP contribution in [0.4, 0.5) is 0 Å². The van der Waals surface area contributed by atoms with Gasteiger partial charge in [-0.2, -0.15) is 0 Å². The molecule has 4 heteroatoms. The average Bonchev–Trinajstić information content (AvgIpc) is 2.65. The number of nitrogens with one attached hydrogen (secondary N) is 1. The van der Waals surface area contributed by atoms with Gasteiger partial charge in [0.05, 0.1) is 18.2 Å². The number of nitrogens with zero attached hydrogens (tertiary/aromatic N) is 1. The number of ether oxygens (including phenoxy) is 1. The third-order valence-corrected chi connectivity index (χ3v) is 3.18. The zero-order valence-electron chi connectivity index (χ0n) is 9.91. The van der Waals surface area contributed by atoms with Gasteiger partial charge in [-0.15, -0.1) is 11.3 Å². The fourth-order valence-electron chi connectivity index (χ4n) is 1.27. The molecule has 1 heterocycles. The Kier molecular flexibility index (Phi) is 4.70. The van der Waals surface area contributed by atoms with Crippen molar-refractivity contribution in [2.45, 2.75) is 39.3 Å². The second-order valence-electron chi connectivity index (χ2n) is 4.31. The standard InChI is InChI=1S/C11H20N2OS/c1-9(2)14-7-5-13-11(3,4)10-12-6-8-15-10/h6,8-9,13H,5,7H2,1-4H3. The Morgan fingerprint density at radius 2 is 2.27 bits per heavy atom. The molecule has 0 radical (unpaired) electrons. The Hall–Kier alpha value is -0.450. The van der Waals surface area contributed by atoms with Gasteiger partial charge in [-0.05, 0) is 27.7 Å². The highest BCUT2D eigenvalue weighted by molar-refractivity contribution is 7.09. The summed E-state index contributed by atoms with van der Waals surface area (Å²) in [4.78, 5) is 4.32. The van der Waals surface area contributed by atoms with E-state index in [1.165, 1.54) is 0 Å². The Morgan fingerprint density at radius 3 is 2.80 bits per heavy atom. The number of hydrogen-bond acceptors (Lipinski definition) is 4. The van der Waals surface area contributed by atoms with E-state index in [9.17, 15) is 0 Å². The lowest BCUT2D eigenvalue weighted by molar-refractivity contribution is 0.0768. The quantitative estimate of drug-likeness (QED) is 0.759. The van der Waals surface area contributed by atoms with Crippen molar-refractivity contribution in [3.05, 3.63) is 16.6 Å². The minimum Gasteiger partial charge on any atom is -0.377 e. The molecule has 0 saturated heterocycles. The number of rotatable bonds is 6. The maximum Gasteiger partial charge on any atom is 0.112 e. The second-order valence-corrected chi connectivity index (χ2v) is 5.20. The van der Waals surface area contributed by atoms with E-state index in [1.54, 1.807) is 11.3 Å². The highest BCUT2D eigenvalue weighted by Gasteiger charge is 2.21. The molecular formula is C11H20N2OS. The van der Waals surface area contributed by atoms with Gasteiger partial charge in [0.1, 0.15) is 5.01 Å². The summed E-state index contributed by atoms with van der Waals surface area (Å²) >= 11 is 1.68. The van der Waals surface area contributed by atoms with Gasteiger partial charge < -0.3 is 10.1 Å². The van der Waals surface area contributed by atoms with Crippen molar-refractivity contribution >= 4 is 11.3 Å². The fraction of sp³-hybridized carbons (Fsp3) is 0.727. The molecule has 0 fully saturated rings. The van der Waals surface area contributed by atoms with Crippen molar-refractivity contribution in [3.63, 3.8) is 0 Å². The van der Waals surface area contributed by atoms with E-state index in [4.69, 9.17) is 4.74 Å². The van der Waals surface area contributed by atoms with Crippen LogP contribution < -0.4 is 5.32 Å². The summed E-state index contributed by atoms with van der Waals surface area (Å²) in [6.07, 6.45) is 2.14. The SMILES string of the molecule is CC(C)OCCNC(C)(C)c1nccs1. The molecule has 0 unspecified atom stereocenters. The van der Waals surface area contributed by atoms with Gasteiger partial charge in [-0.25, -0.2) is 4.98 Å². The fourth-order valence-corrected chi connectivity index (χ4v) is 2.01. The third-order valence-electron chi connectivity index (χ3n) is 2.09. The second kappa shape index (κ2) is 5.58. The first-order chi connectivity index (χ1) is 7.02. The molecule has 0 amide bonds. The van der Waals surface area contributed by atoms with E-state index in [0.717, 1.165) is 18.2 Å². The van der Waals surface area contributed by atoms with E-state index in [0.29, 0.717) is 6.10 Å². The lowest BCUT2D eigenvalue weighted by atomic mass is 10.1. The Morgan fingerprint density at radius 1 is 1.53 bits per heavy atom. The molecule has 0 spiro atoms. The van der Waals surface area contributed by atoms with Gasteiger partial charge in [0.25, 0.3) is 0 Å². The molecule has 0 bridgehead atoms. The number of thiazole rings is 1. The van der Waals surface area contributed by atoms with Crippen molar-refractivity contribution in [2.75, 3.05) is 13.2 Å². The van der Waals surface area contributed by atoms with E-state index in [-0.39, 0.29) is 5.54 Å². The monoisotopic (exact) mass is 228 g/mol. The smallest absolute Gasteiger partial charge is 0.112 e. The van der Waals surface area contributed by atoms with Crippen LogP contribution in [-0.4, -0.2) is 24.2 Å². The molecule has 1 N–H and O–H groups in total. The molecule has 3 nitrogen and oxygen atoms in total.